The smallest absolute Gasteiger partial charge is 0.228 e. The van der Waals surface area contributed by atoms with E-state index in [1.165, 1.54) is 0 Å². The third-order valence-corrected chi connectivity index (χ3v) is 5.14. The zero-order valence-corrected chi connectivity index (χ0v) is 12.9. The van der Waals surface area contributed by atoms with E-state index in [1.807, 2.05) is 29.2 Å². The molecule has 6 nitrogen and oxygen atoms in total. The lowest BCUT2D eigenvalue weighted by Crippen LogP contribution is -2.37. The van der Waals surface area contributed by atoms with Crippen LogP contribution < -0.4 is 0 Å². The van der Waals surface area contributed by atoms with Crippen LogP contribution in [0.25, 0.3) is 0 Å². The zero-order chi connectivity index (χ0) is 15.3. The number of nitrogens with zero attached hydrogens (tertiary/aromatic N) is 4. The number of carbonyl (C=O) groups excluding carboxylic acids is 2. The van der Waals surface area contributed by atoms with E-state index >= 15 is 0 Å². The van der Waals surface area contributed by atoms with E-state index in [0.717, 1.165) is 37.8 Å². The van der Waals surface area contributed by atoms with Gasteiger partial charge >= 0.3 is 0 Å². The molecule has 2 aliphatic heterocycles. The molecule has 0 bridgehead atoms. The molecule has 3 fully saturated rings. The van der Waals surface area contributed by atoms with Gasteiger partial charge in [-0.1, -0.05) is 0 Å². The summed E-state index contributed by atoms with van der Waals surface area (Å²) in [5.74, 6) is 0.172. The minimum atomic E-state index is -0.148. The summed E-state index contributed by atoms with van der Waals surface area (Å²) in [6.45, 7) is 1.42. The van der Waals surface area contributed by atoms with Crippen molar-refractivity contribution in [1.82, 2.24) is 19.6 Å². The Morgan fingerprint density at radius 2 is 2.14 bits per heavy atom. The van der Waals surface area contributed by atoms with Crippen molar-refractivity contribution >= 4 is 11.8 Å². The minimum Gasteiger partial charge on any atom is -0.339 e. The monoisotopic (exact) mass is 302 g/mol. The predicted molar refractivity (Wildman–Crippen MR) is 79.7 cm³/mol. The van der Waals surface area contributed by atoms with Crippen LogP contribution in [0, 0.1) is 5.92 Å². The molecular formula is C16H22N4O2. The number of likely N-dealkylation sites (tertiary alicyclic amines) is 2. The van der Waals surface area contributed by atoms with Crippen molar-refractivity contribution in [2.24, 2.45) is 13.0 Å². The Balaban J connectivity index is 1.48. The first-order chi connectivity index (χ1) is 10.6. The van der Waals surface area contributed by atoms with Crippen molar-refractivity contribution in [3.63, 3.8) is 0 Å². The largest absolute Gasteiger partial charge is 0.339 e. The molecule has 1 aromatic heterocycles. The van der Waals surface area contributed by atoms with E-state index < -0.39 is 0 Å². The van der Waals surface area contributed by atoms with Crippen LogP contribution in [-0.4, -0.2) is 50.5 Å². The average Bonchev–Trinajstić information content (AvgIpc) is 2.90. The summed E-state index contributed by atoms with van der Waals surface area (Å²) in [5.41, 5.74) is 1.11. The lowest BCUT2D eigenvalue weighted by molar-refractivity contribution is -0.136. The molecule has 1 aromatic rings. The number of hydrogen-bond acceptors (Lipinski definition) is 3. The van der Waals surface area contributed by atoms with Gasteiger partial charge in [-0.15, -0.1) is 0 Å². The minimum absolute atomic E-state index is 0.131. The molecule has 1 aliphatic carbocycles. The number of rotatable bonds is 3. The number of aromatic nitrogens is 2. The van der Waals surface area contributed by atoms with Gasteiger partial charge in [-0.05, 0) is 25.7 Å². The maximum atomic E-state index is 12.9. The molecular weight excluding hydrogens is 280 g/mol. The van der Waals surface area contributed by atoms with Crippen molar-refractivity contribution in [2.75, 3.05) is 13.1 Å². The van der Waals surface area contributed by atoms with Crippen molar-refractivity contribution in [3.8, 4) is 0 Å². The van der Waals surface area contributed by atoms with E-state index in [4.69, 9.17) is 0 Å². The fraction of sp³-hybridized carbons (Fsp3) is 0.688. The first kappa shape index (κ1) is 13.8. The van der Waals surface area contributed by atoms with Gasteiger partial charge in [0.15, 0.2) is 0 Å². The third kappa shape index (κ3) is 2.30. The van der Waals surface area contributed by atoms with E-state index in [1.54, 1.807) is 4.68 Å². The highest BCUT2D eigenvalue weighted by molar-refractivity contribution is 5.90. The summed E-state index contributed by atoms with van der Waals surface area (Å²) in [7, 11) is 1.90. The number of amides is 2. The van der Waals surface area contributed by atoms with Crippen LogP contribution >= 0.6 is 0 Å². The van der Waals surface area contributed by atoms with Gasteiger partial charge in [-0.2, -0.15) is 5.10 Å². The number of carbonyl (C=O) groups is 2. The molecule has 0 radical (unpaired) electrons. The van der Waals surface area contributed by atoms with Gasteiger partial charge in [0.1, 0.15) is 0 Å². The van der Waals surface area contributed by atoms with Crippen molar-refractivity contribution in [3.05, 3.63) is 18.0 Å². The second kappa shape index (κ2) is 5.11. The molecule has 2 atom stereocenters. The molecule has 118 valence electrons. The van der Waals surface area contributed by atoms with Crippen LogP contribution in [0.2, 0.25) is 0 Å². The van der Waals surface area contributed by atoms with Crippen LogP contribution in [0.5, 0.6) is 0 Å². The fourth-order valence-electron chi connectivity index (χ4n) is 3.86. The molecule has 0 N–H and O–H groups in total. The average molecular weight is 302 g/mol. The Morgan fingerprint density at radius 1 is 1.32 bits per heavy atom. The van der Waals surface area contributed by atoms with Crippen LogP contribution in [0.4, 0.5) is 0 Å². The van der Waals surface area contributed by atoms with Gasteiger partial charge in [0.25, 0.3) is 0 Å². The molecule has 0 aromatic carbocycles. The highest BCUT2D eigenvalue weighted by Crippen LogP contribution is 2.37. The molecule has 0 spiro atoms. The van der Waals surface area contributed by atoms with Crippen LogP contribution in [-0.2, 0) is 16.6 Å². The summed E-state index contributed by atoms with van der Waals surface area (Å²) in [4.78, 5) is 28.9. The maximum absolute atomic E-state index is 12.9. The lowest BCUT2D eigenvalue weighted by atomic mass is 10.0. The summed E-state index contributed by atoms with van der Waals surface area (Å²) >= 11 is 0. The van der Waals surface area contributed by atoms with Crippen molar-refractivity contribution in [1.29, 1.82) is 0 Å². The van der Waals surface area contributed by atoms with E-state index in [9.17, 15) is 9.59 Å². The Morgan fingerprint density at radius 3 is 2.82 bits per heavy atom. The molecule has 1 saturated carbocycles. The Hall–Kier alpha value is -1.85. The fourth-order valence-corrected chi connectivity index (χ4v) is 3.86. The third-order valence-electron chi connectivity index (χ3n) is 5.14. The van der Waals surface area contributed by atoms with Crippen LogP contribution in [0.1, 0.15) is 43.7 Å². The predicted octanol–water partition coefficient (Wildman–Crippen LogP) is 1.09. The summed E-state index contributed by atoms with van der Waals surface area (Å²) in [6.07, 6.45) is 8.47. The molecule has 2 saturated heterocycles. The van der Waals surface area contributed by atoms with Crippen molar-refractivity contribution in [2.45, 2.75) is 44.2 Å². The van der Waals surface area contributed by atoms with Crippen LogP contribution in [0.15, 0.2) is 12.4 Å². The van der Waals surface area contributed by atoms with E-state index in [0.29, 0.717) is 19.0 Å². The van der Waals surface area contributed by atoms with Crippen LogP contribution in [0.3, 0.4) is 0 Å². The van der Waals surface area contributed by atoms with Gasteiger partial charge in [-0.3, -0.25) is 14.3 Å². The lowest BCUT2D eigenvalue weighted by Gasteiger charge is -2.26. The Labute approximate surface area is 130 Å². The molecule has 3 heterocycles. The number of hydrogen-bond donors (Lipinski definition) is 0. The summed E-state index contributed by atoms with van der Waals surface area (Å²) in [5, 5.41) is 4.22. The first-order valence-electron chi connectivity index (χ1n) is 8.22. The van der Waals surface area contributed by atoms with E-state index in [-0.39, 0.29) is 23.8 Å². The Kier molecular flexibility index (Phi) is 3.20. The van der Waals surface area contributed by atoms with Gasteiger partial charge in [0.2, 0.25) is 11.8 Å². The Bertz CT molecular complexity index is 607. The van der Waals surface area contributed by atoms with Gasteiger partial charge in [0.05, 0.1) is 18.2 Å². The highest BCUT2D eigenvalue weighted by Gasteiger charge is 2.44. The number of aryl methyl sites for hydroxylation is 1. The van der Waals surface area contributed by atoms with Gasteiger partial charge in [-0.25, -0.2) is 0 Å². The van der Waals surface area contributed by atoms with Gasteiger partial charge < -0.3 is 9.80 Å². The standard InChI is InChI=1S/C16H22N4O2/c1-18-9-12(8-17-18)14-3-2-6-19(14)16(22)11-7-15(21)20(10-11)13-4-5-13/h8-9,11,13-14H,2-7,10H2,1H3. The molecule has 2 amide bonds. The summed E-state index contributed by atoms with van der Waals surface area (Å²) < 4.78 is 1.78. The SMILES string of the molecule is Cn1cc(C2CCCN2C(=O)C2CC(=O)N(C3CC3)C2)cn1. The molecule has 6 heteroatoms. The summed E-state index contributed by atoms with van der Waals surface area (Å²) in [6, 6.07) is 0.546. The van der Waals surface area contributed by atoms with Crippen molar-refractivity contribution < 1.29 is 9.59 Å². The second-order valence-corrected chi connectivity index (χ2v) is 6.82. The molecule has 22 heavy (non-hydrogen) atoms. The zero-order valence-electron chi connectivity index (χ0n) is 12.9. The van der Waals surface area contributed by atoms with E-state index in [2.05, 4.69) is 5.10 Å². The first-order valence-corrected chi connectivity index (χ1v) is 8.22. The molecule has 2 unspecified atom stereocenters. The second-order valence-electron chi connectivity index (χ2n) is 6.82. The maximum Gasteiger partial charge on any atom is 0.228 e. The normalized spacial score (nSPS) is 28.7. The quantitative estimate of drug-likeness (QED) is 0.840. The molecule has 3 aliphatic rings. The molecule has 4 rings (SSSR count). The topological polar surface area (TPSA) is 58.4 Å². The van der Waals surface area contributed by atoms with Gasteiger partial charge in [0, 0.05) is 44.4 Å². The highest BCUT2D eigenvalue weighted by atomic mass is 16.2.